The van der Waals surface area contributed by atoms with Gasteiger partial charge in [0.15, 0.2) is 12.6 Å². The van der Waals surface area contributed by atoms with Crippen molar-refractivity contribution in [3.63, 3.8) is 0 Å². The monoisotopic (exact) mass is 1070 g/mol. The van der Waals surface area contributed by atoms with Gasteiger partial charge in [0.05, 0.1) is 66.9 Å². The molecule has 10 atom stereocenters. The lowest BCUT2D eigenvalue weighted by atomic mass is 9.90. The number of anilines is 2. The first-order chi connectivity index (χ1) is 35.2. The summed E-state index contributed by atoms with van der Waals surface area (Å²) in [6.07, 6.45) is -0.642. The number of carbonyl (C=O) groups is 1. The Morgan fingerprint density at radius 3 is 1.55 bits per heavy atom. The first-order valence-electron chi connectivity index (χ1n) is 25.5. The molecule has 408 valence electrons. The molecular weight excluding hydrogens is 991 g/mol. The van der Waals surface area contributed by atoms with Crippen LogP contribution in [0.15, 0.2) is 119 Å². The van der Waals surface area contributed by atoms with E-state index in [1.165, 1.54) is 45.0 Å². The summed E-state index contributed by atoms with van der Waals surface area (Å²) < 4.78 is 82.8. The maximum Gasteiger partial charge on any atom is 0.306 e. The van der Waals surface area contributed by atoms with Crippen molar-refractivity contribution < 1.29 is 60.6 Å². The fourth-order valence-corrected chi connectivity index (χ4v) is 12.6. The highest BCUT2D eigenvalue weighted by atomic mass is 32.2. The van der Waals surface area contributed by atoms with Crippen LogP contribution < -0.4 is 17.2 Å². The van der Waals surface area contributed by atoms with Gasteiger partial charge in [0.1, 0.15) is 6.10 Å². The van der Waals surface area contributed by atoms with E-state index in [9.17, 15) is 36.9 Å². The molecule has 0 bridgehead atoms. The number of nitrogens with zero attached hydrogens (tertiary/aromatic N) is 2. The summed E-state index contributed by atoms with van der Waals surface area (Å²) >= 11 is 0. The second-order valence-electron chi connectivity index (χ2n) is 20.4. The summed E-state index contributed by atoms with van der Waals surface area (Å²) in [6, 6.07) is 30.6. The Morgan fingerprint density at radius 2 is 1.07 bits per heavy atom. The van der Waals surface area contributed by atoms with Crippen LogP contribution in [-0.2, 0) is 61.4 Å². The predicted octanol–water partition coefficient (Wildman–Crippen LogP) is 4.42. The SMILES string of the molecule is CC(C)CN(C[C@@H](O)[C@@H](CC(=O)O[C@H]1CO[C@H]2OCC[C@H]21)Cc1ccccc1)S(=O)(=O)c1ccc(N)cc1.CC(C)CN(C[C@@H](O)[C@H](N)Cc1ccccc1)S(=O)(=O)c1ccc(N)cc1.O[C@H]1CO[C@H]2OCC[C@H]21. The predicted molar refractivity (Wildman–Crippen MR) is 281 cm³/mol. The van der Waals surface area contributed by atoms with E-state index in [-0.39, 0.29) is 90.9 Å². The molecule has 9 N–H and O–H groups in total. The number of ether oxygens (including phenoxy) is 5. The number of nitrogens with two attached hydrogens (primary N) is 3. The molecule has 0 spiro atoms. The van der Waals surface area contributed by atoms with Crippen LogP contribution in [0, 0.1) is 29.6 Å². The van der Waals surface area contributed by atoms with E-state index >= 15 is 0 Å². The average Bonchev–Trinajstić information content (AvgIpc) is 4.18. The van der Waals surface area contributed by atoms with Crippen LogP contribution in [0.2, 0.25) is 0 Å². The molecule has 8 rings (SSSR count). The summed E-state index contributed by atoms with van der Waals surface area (Å²) in [7, 11) is -7.65. The van der Waals surface area contributed by atoms with Crippen molar-refractivity contribution in [2.24, 2.45) is 35.3 Å². The second-order valence-corrected chi connectivity index (χ2v) is 24.2. The van der Waals surface area contributed by atoms with Crippen molar-refractivity contribution in [2.45, 2.75) is 113 Å². The van der Waals surface area contributed by atoms with Crippen LogP contribution in [0.3, 0.4) is 0 Å². The van der Waals surface area contributed by atoms with Gasteiger partial charge in [0.25, 0.3) is 0 Å². The summed E-state index contributed by atoms with van der Waals surface area (Å²) in [5.41, 5.74) is 20.4. The van der Waals surface area contributed by atoms with E-state index in [1.807, 2.05) is 88.4 Å². The van der Waals surface area contributed by atoms with Gasteiger partial charge in [-0.3, -0.25) is 4.79 Å². The molecule has 4 heterocycles. The van der Waals surface area contributed by atoms with Gasteiger partial charge in [0.2, 0.25) is 20.0 Å². The van der Waals surface area contributed by atoms with Gasteiger partial charge < -0.3 is 56.2 Å². The normalized spacial score (nSPS) is 23.1. The summed E-state index contributed by atoms with van der Waals surface area (Å²) in [5, 5.41) is 31.1. The van der Waals surface area contributed by atoms with Gasteiger partial charge >= 0.3 is 5.97 Å². The van der Waals surface area contributed by atoms with Gasteiger partial charge in [-0.25, -0.2) is 16.8 Å². The third kappa shape index (κ3) is 16.7. The first-order valence-corrected chi connectivity index (χ1v) is 28.3. The van der Waals surface area contributed by atoms with E-state index in [0.29, 0.717) is 44.0 Å². The molecule has 4 aliphatic rings. The Labute approximate surface area is 437 Å². The molecule has 4 aromatic carbocycles. The van der Waals surface area contributed by atoms with Crippen LogP contribution >= 0.6 is 0 Å². The first kappa shape index (κ1) is 58.7. The number of hydrogen-bond donors (Lipinski definition) is 6. The molecule has 4 fully saturated rings. The van der Waals surface area contributed by atoms with Crippen molar-refractivity contribution in [1.82, 2.24) is 8.61 Å². The van der Waals surface area contributed by atoms with Gasteiger partial charge in [0, 0.05) is 55.4 Å². The maximum atomic E-state index is 13.5. The van der Waals surface area contributed by atoms with Crippen molar-refractivity contribution in [3.8, 4) is 0 Å². The van der Waals surface area contributed by atoms with Crippen molar-refractivity contribution in [3.05, 3.63) is 120 Å². The number of aliphatic hydroxyl groups excluding tert-OH is 3. The number of aliphatic hydroxyl groups is 3. The highest BCUT2D eigenvalue weighted by Crippen LogP contribution is 2.34. The summed E-state index contributed by atoms with van der Waals surface area (Å²) in [5.74, 6) is -0.603. The molecule has 0 radical (unpaired) electrons. The molecule has 20 heteroatoms. The molecule has 4 aliphatic heterocycles. The number of hydrogen-bond acceptors (Lipinski definition) is 16. The molecule has 18 nitrogen and oxygen atoms in total. The highest BCUT2D eigenvalue weighted by molar-refractivity contribution is 7.89. The Kier molecular flexibility index (Phi) is 21.8. The quantitative estimate of drug-likeness (QED) is 0.0498. The smallest absolute Gasteiger partial charge is 0.306 e. The van der Waals surface area contributed by atoms with Crippen LogP contribution in [0.4, 0.5) is 11.4 Å². The largest absolute Gasteiger partial charge is 0.459 e. The minimum atomic E-state index is -3.90. The number of sulfonamides is 2. The lowest BCUT2D eigenvalue weighted by Gasteiger charge is -2.30. The van der Waals surface area contributed by atoms with Crippen molar-refractivity contribution in [1.29, 1.82) is 0 Å². The number of carbonyl (C=O) groups excluding carboxylic acids is 1. The van der Waals surface area contributed by atoms with Gasteiger partial charge in [-0.05, 0) is 97.2 Å². The zero-order valence-corrected chi connectivity index (χ0v) is 44.5. The molecule has 4 aromatic rings. The van der Waals surface area contributed by atoms with Crippen molar-refractivity contribution in [2.75, 3.05) is 64.1 Å². The van der Waals surface area contributed by atoms with Gasteiger partial charge in [-0.2, -0.15) is 8.61 Å². The standard InChI is InChI=1S/C28H38N2O7S.C20H29N3O3S.C6H10O3/c1-19(2)16-30(38(33,34)23-10-8-22(29)9-11-23)17-25(31)21(14-20-6-4-3-5-7-20)15-27(32)37-26-18-36-28-24(26)12-13-35-28;1-15(2)13-23(27(25,26)18-10-8-17(21)9-11-18)14-20(24)19(22)12-16-6-4-3-5-7-16;7-5-3-9-6-4(5)1-2-8-6/h3-11,19,21,24-26,28,31H,12-18,29H2,1-2H3;3-11,15,19-20,24H,12-14,21-22H2,1-2H3;4-7H,1-3H2/t21-,24+,25-,26+,28-;19-,20-;4-,5-,6+/m110/s1. The molecule has 0 saturated carbocycles. The Balaban J connectivity index is 0.000000213. The number of esters is 1. The lowest BCUT2D eigenvalue weighted by Crippen LogP contribution is -2.47. The number of rotatable bonds is 21. The van der Waals surface area contributed by atoms with Crippen molar-refractivity contribution >= 4 is 37.4 Å². The number of benzene rings is 4. The molecule has 0 aromatic heterocycles. The van der Waals surface area contributed by atoms with Crippen LogP contribution in [0.25, 0.3) is 0 Å². The lowest BCUT2D eigenvalue weighted by molar-refractivity contribution is -0.153. The van der Waals surface area contributed by atoms with E-state index < -0.39 is 50.2 Å². The minimum Gasteiger partial charge on any atom is -0.459 e. The molecular formula is C54H77N5O13S2. The Bertz CT molecular complexity index is 2550. The fraction of sp³-hybridized carbons (Fsp3) is 0.537. The average molecular weight is 1070 g/mol. The molecule has 0 unspecified atom stereocenters. The number of fused-ring (bicyclic) bond motifs is 2. The molecule has 0 amide bonds. The maximum absolute atomic E-state index is 13.5. The zero-order chi connectivity index (χ0) is 53.6. The van der Waals surface area contributed by atoms with E-state index in [4.69, 9.17) is 40.9 Å². The zero-order valence-electron chi connectivity index (χ0n) is 42.9. The fourth-order valence-electron chi connectivity index (χ4n) is 9.34. The Morgan fingerprint density at radius 1 is 0.622 bits per heavy atom. The van der Waals surface area contributed by atoms with E-state index in [0.717, 1.165) is 30.6 Å². The molecule has 4 saturated heterocycles. The van der Waals surface area contributed by atoms with Crippen LogP contribution in [0.1, 0.15) is 58.1 Å². The van der Waals surface area contributed by atoms with E-state index in [2.05, 4.69) is 0 Å². The van der Waals surface area contributed by atoms with Gasteiger partial charge in [-0.1, -0.05) is 88.4 Å². The summed E-state index contributed by atoms with van der Waals surface area (Å²) in [6.45, 7) is 10.1. The third-order valence-electron chi connectivity index (χ3n) is 13.4. The molecule has 0 aliphatic carbocycles. The molecule has 74 heavy (non-hydrogen) atoms. The van der Waals surface area contributed by atoms with E-state index in [1.54, 1.807) is 12.1 Å². The topological polar surface area (TPSA) is 277 Å². The number of nitrogen functional groups attached to an aromatic ring is 2. The van der Waals surface area contributed by atoms with Crippen LogP contribution in [0.5, 0.6) is 0 Å². The third-order valence-corrected chi connectivity index (χ3v) is 17.0. The minimum absolute atomic E-state index is 0.0167. The Hall–Kier alpha value is -4.55. The summed E-state index contributed by atoms with van der Waals surface area (Å²) in [4.78, 5) is 13.3. The second kappa shape index (κ2) is 27.5. The van der Waals surface area contributed by atoms with Gasteiger partial charge in [-0.15, -0.1) is 0 Å². The highest BCUT2D eigenvalue weighted by Gasteiger charge is 2.44. The van der Waals surface area contributed by atoms with Crippen LogP contribution in [-0.4, -0.2) is 142 Å².